The van der Waals surface area contributed by atoms with Crippen molar-refractivity contribution < 1.29 is 18.3 Å². The number of ether oxygens (including phenoxy) is 1. The molecule has 2 aliphatic rings. The van der Waals surface area contributed by atoms with Crippen LogP contribution in [0.4, 0.5) is 8.78 Å². The highest BCUT2D eigenvalue weighted by Gasteiger charge is 2.59. The van der Waals surface area contributed by atoms with Gasteiger partial charge in [-0.2, -0.15) is 0 Å². The number of carbonyl (C=O) groups excluding carboxylic acids is 1. The number of nitrogens with one attached hydrogen (secondary N) is 1. The fourth-order valence-corrected chi connectivity index (χ4v) is 2.97. The molecule has 0 spiro atoms. The highest BCUT2D eigenvalue weighted by molar-refractivity contribution is 5.77. The Hall–Kier alpha value is -1.49. The first kappa shape index (κ1) is 12.5. The number of alkyl halides is 2. The van der Waals surface area contributed by atoms with Crippen LogP contribution in [0.3, 0.4) is 0 Å². The molecule has 3 nitrogen and oxygen atoms in total. The van der Waals surface area contributed by atoms with Gasteiger partial charge in [-0.15, -0.1) is 0 Å². The second-order valence-corrected chi connectivity index (χ2v) is 5.24. The Morgan fingerprint density at radius 2 is 2.11 bits per heavy atom. The van der Waals surface area contributed by atoms with E-state index in [4.69, 9.17) is 4.74 Å². The van der Waals surface area contributed by atoms with Crippen molar-refractivity contribution in [3.05, 3.63) is 35.9 Å². The Morgan fingerprint density at radius 3 is 2.74 bits per heavy atom. The van der Waals surface area contributed by atoms with E-state index in [1.807, 2.05) is 30.3 Å². The number of hydrogen-bond acceptors (Lipinski definition) is 3. The van der Waals surface area contributed by atoms with Gasteiger partial charge in [0.1, 0.15) is 12.6 Å². The van der Waals surface area contributed by atoms with Gasteiger partial charge >= 0.3 is 5.97 Å². The minimum Gasteiger partial charge on any atom is -0.460 e. The van der Waals surface area contributed by atoms with Gasteiger partial charge in [0, 0.05) is 12.5 Å². The van der Waals surface area contributed by atoms with Crippen molar-refractivity contribution in [3.63, 3.8) is 0 Å². The highest BCUT2D eigenvalue weighted by atomic mass is 19.3. The third kappa shape index (κ3) is 2.34. The molecule has 2 fully saturated rings. The summed E-state index contributed by atoms with van der Waals surface area (Å²) in [5, 5.41) is 2.93. The lowest BCUT2D eigenvalue weighted by Crippen LogP contribution is -2.50. The molecule has 0 aromatic heterocycles. The van der Waals surface area contributed by atoms with Crippen molar-refractivity contribution in [1.29, 1.82) is 0 Å². The van der Waals surface area contributed by atoms with Gasteiger partial charge in [-0.05, 0) is 12.0 Å². The summed E-state index contributed by atoms with van der Waals surface area (Å²) in [5.41, 5.74) is 0.853. The fraction of sp³-hybridized carbons (Fsp3) is 0.500. The molecule has 1 aromatic rings. The number of esters is 1. The first-order chi connectivity index (χ1) is 9.06. The standard InChI is InChI=1S/C14H15F2NO2/c15-14(16)7-10-6-11(14)12(17-10)13(18)19-8-9-4-2-1-3-5-9/h1-5,10-12,17H,6-8H2/t10?,11?,12-/m0/s1. The van der Waals surface area contributed by atoms with Crippen molar-refractivity contribution in [3.8, 4) is 0 Å². The smallest absolute Gasteiger partial charge is 0.324 e. The molecule has 0 radical (unpaired) electrons. The Morgan fingerprint density at radius 1 is 1.37 bits per heavy atom. The van der Waals surface area contributed by atoms with Crippen molar-refractivity contribution in [2.75, 3.05) is 0 Å². The molecule has 5 heteroatoms. The third-order valence-corrected chi connectivity index (χ3v) is 3.89. The summed E-state index contributed by atoms with van der Waals surface area (Å²) in [6.45, 7) is 0.126. The lowest BCUT2D eigenvalue weighted by Gasteiger charge is -2.28. The Bertz CT molecular complexity index is 478. The minimum absolute atomic E-state index is 0.126. The van der Waals surface area contributed by atoms with Gasteiger partial charge in [0.05, 0.1) is 5.92 Å². The molecule has 1 saturated heterocycles. The van der Waals surface area contributed by atoms with E-state index in [1.165, 1.54) is 0 Å². The van der Waals surface area contributed by atoms with Crippen LogP contribution in [0.5, 0.6) is 0 Å². The maximum absolute atomic E-state index is 13.6. The predicted octanol–water partition coefficient (Wildman–Crippen LogP) is 2.12. The second-order valence-electron chi connectivity index (χ2n) is 5.24. The maximum Gasteiger partial charge on any atom is 0.324 e. The summed E-state index contributed by atoms with van der Waals surface area (Å²) in [5.74, 6) is -4.23. The largest absolute Gasteiger partial charge is 0.460 e. The molecule has 102 valence electrons. The van der Waals surface area contributed by atoms with Crippen LogP contribution in [0.2, 0.25) is 0 Å². The van der Waals surface area contributed by atoms with E-state index in [2.05, 4.69) is 5.32 Å². The van der Waals surface area contributed by atoms with Crippen LogP contribution in [-0.2, 0) is 16.1 Å². The van der Waals surface area contributed by atoms with E-state index in [9.17, 15) is 13.6 Å². The van der Waals surface area contributed by atoms with Gasteiger partial charge in [-0.3, -0.25) is 4.79 Å². The summed E-state index contributed by atoms with van der Waals surface area (Å²) in [6, 6.07) is 8.09. The average molecular weight is 267 g/mol. The molecule has 1 heterocycles. The topological polar surface area (TPSA) is 38.3 Å². The van der Waals surface area contributed by atoms with Crippen LogP contribution in [-0.4, -0.2) is 24.0 Å². The molecule has 1 saturated carbocycles. The number of hydrogen-bond donors (Lipinski definition) is 1. The molecule has 1 aliphatic carbocycles. The van der Waals surface area contributed by atoms with Crippen molar-refractivity contribution in [2.24, 2.45) is 5.92 Å². The summed E-state index contributed by atoms with van der Waals surface area (Å²) in [7, 11) is 0. The van der Waals surface area contributed by atoms with Crippen LogP contribution in [0.25, 0.3) is 0 Å². The number of piperidine rings is 1. The number of rotatable bonds is 3. The number of fused-ring (bicyclic) bond motifs is 2. The van der Waals surface area contributed by atoms with Gasteiger partial charge in [0.2, 0.25) is 0 Å². The number of benzene rings is 1. The quantitative estimate of drug-likeness (QED) is 0.852. The number of halogens is 2. The lowest BCUT2D eigenvalue weighted by molar-refractivity contribution is -0.154. The highest BCUT2D eigenvalue weighted by Crippen LogP contribution is 2.47. The van der Waals surface area contributed by atoms with Crippen LogP contribution < -0.4 is 5.32 Å². The van der Waals surface area contributed by atoms with Crippen molar-refractivity contribution >= 4 is 5.97 Å². The zero-order valence-corrected chi connectivity index (χ0v) is 10.3. The zero-order valence-electron chi connectivity index (χ0n) is 10.3. The van der Waals surface area contributed by atoms with E-state index in [0.29, 0.717) is 6.42 Å². The summed E-state index contributed by atoms with van der Waals surface area (Å²) < 4.78 is 32.3. The Labute approximate surface area is 109 Å². The summed E-state index contributed by atoms with van der Waals surface area (Å²) in [6.07, 6.45) is 0.193. The van der Waals surface area contributed by atoms with Crippen LogP contribution in [0, 0.1) is 5.92 Å². The molecule has 2 bridgehead atoms. The Kier molecular flexibility index (Phi) is 3.01. The predicted molar refractivity (Wildman–Crippen MR) is 64.6 cm³/mol. The molecular weight excluding hydrogens is 252 g/mol. The second kappa shape index (κ2) is 4.56. The van der Waals surface area contributed by atoms with Gasteiger partial charge in [0.15, 0.2) is 0 Å². The molecule has 2 unspecified atom stereocenters. The van der Waals surface area contributed by atoms with Gasteiger partial charge < -0.3 is 10.1 Å². The zero-order chi connectivity index (χ0) is 13.5. The molecule has 1 aliphatic heterocycles. The van der Waals surface area contributed by atoms with Crippen LogP contribution >= 0.6 is 0 Å². The van der Waals surface area contributed by atoms with E-state index in [1.54, 1.807) is 0 Å². The molecular formula is C14H15F2NO2. The first-order valence-electron chi connectivity index (χ1n) is 6.41. The van der Waals surface area contributed by atoms with Crippen molar-refractivity contribution in [2.45, 2.75) is 37.5 Å². The lowest BCUT2D eigenvalue weighted by atomic mass is 9.96. The van der Waals surface area contributed by atoms with Gasteiger partial charge in [-0.25, -0.2) is 8.78 Å². The van der Waals surface area contributed by atoms with Gasteiger partial charge in [-0.1, -0.05) is 30.3 Å². The summed E-state index contributed by atoms with van der Waals surface area (Å²) >= 11 is 0. The molecule has 19 heavy (non-hydrogen) atoms. The molecule has 1 N–H and O–H groups in total. The normalized spacial score (nSPS) is 31.4. The van der Waals surface area contributed by atoms with Gasteiger partial charge in [0.25, 0.3) is 5.92 Å². The fourth-order valence-electron chi connectivity index (χ4n) is 2.97. The first-order valence-corrected chi connectivity index (χ1v) is 6.41. The summed E-state index contributed by atoms with van der Waals surface area (Å²) in [4.78, 5) is 11.9. The maximum atomic E-state index is 13.6. The Balaban J connectivity index is 1.60. The van der Waals surface area contributed by atoms with E-state index >= 15 is 0 Å². The molecule has 3 rings (SSSR count). The number of carbonyl (C=O) groups is 1. The minimum atomic E-state index is -2.74. The third-order valence-electron chi connectivity index (χ3n) is 3.89. The average Bonchev–Trinajstić information content (AvgIpc) is 2.93. The van der Waals surface area contributed by atoms with E-state index in [0.717, 1.165) is 5.56 Å². The van der Waals surface area contributed by atoms with Crippen molar-refractivity contribution in [1.82, 2.24) is 5.32 Å². The monoisotopic (exact) mass is 267 g/mol. The van der Waals surface area contributed by atoms with Crippen LogP contribution in [0.15, 0.2) is 30.3 Å². The van der Waals surface area contributed by atoms with E-state index in [-0.39, 0.29) is 19.1 Å². The van der Waals surface area contributed by atoms with E-state index < -0.39 is 23.9 Å². The molecule has 0 amide bonds. The molecule has 3 atom stereocenters. The van der Waals surface area contributed by atoms with Crippen LogP contribution in [0.1, 0.15) is 18.4 Å². The SMILES string of the molecule is O=C(OCc1ccccc1)[C@H]1NC2CC1C(F)(F)C2. The molecule has 1 aromatic carbocycles.